The number of hydrogen-bond acceptors (Lipinski definition) is 4. The lowest BCUT2D eigenvalue weighted by Crippen LogP contribution is -2.35. The smallest absolute Gasteiger partial charge is 0.261 e. The summed E-state index contributed by atoms with van der Waals surface area (Å²) in [5.41, 5.74) is 1.76. The number of nitrogens with one attached hydrogen (secondary N) is 1. The van der Waals surface area contributed by atoms with Gasteiger partial charge in [0.05, 0.1) is 23.8 Å². The van der Waals surface area contributed by atoms with E-state index in [1.54, 1.807) is 44.2 Å². The van der Waals surface area contributed by atoms with Crippen molar-refractivity contribution in [2.24, 2.45) is 0 Å². The molecule has 2 aromatic carbocycles. The molecule has 1 N–H and O–H groups in total. The number of nitrogens with zero attached hydrogens (tertiary/aromatic N) is 1. The number of carbonyl (C=O) groups is 3. The van der Waals surface area contributed by atoms with Crippen LogP contribution in [0.4, 0.5) is 0 Å². The van der Waals surface area contributed by atoms with Crippen LogP contribution in [0, 0.1) is 0 Å². The van der Waals surface area contributed by atoms with Gasteiger partial charge in [-0.1, -0.05) is 11.6 Å². The monoisotopic (exact) mass is 398 g/mol. The van der Waals surface area contributed by atoms with E-state index in [0.717, 1.165) is 5.56 Å². The fraction of sp³-hybridized carbons (Fsp3) is 0.286. The summed E-state index contributed by atoms with van der Waals surface area (Å²) in [6.45, 7) is 4.05. The average Bonchev–Trinajstić information content (AvgIpc) is 2.92. The molecule has 0 aromatic heterocycles. The molecule has 2 aliphatic heterocycles. The molecule has 1 atom stereocenters. The highest BCUT2D eigenvalue weighted by Crippen LogP contribution is 2.34. The predicted octanol–water partition coefficient (Wildman–Crippen LogP) is 3.60. The van der Waals surface area contributed by atoms with E-state index in [2.05, 4.69) is 5.32 Å². The second-order valence-corrected chi connectivity index (χ2v) is 7.62. The lowest BCUT2D eigenvalue weighted by molar-refractivity contribution is 0.0609. The summed E-state index contributed by atoms with van der Waals surface area (Å²) >= 11 is 6.09. The molecule has 3 amide bonds. The molecule has 0 saturated carbocycles. The molecule has 1 unspecified atom stereocenters. The number of rotatable bonds is 3. The first kappa shape index (κ1) is 18.5. The van der Waals surface area contributed by atoms with Gasteiger partial charge in [-0.15, -0.1) is 0 Å². The van der Waals surface area contributed by atoms with Crippen LogP contribution in [0.1, 0.15) is 62.9 Å². The fourth-order valence-electron chi connectivity index (χ4n) is 3.63. The van der Waals surface area contributed by atoms with E-state index in [-0.39, 0.29) is 35.4 Å². The molecule has 2 heterocycles. The van der Waals surface area contributed by atoms with Crippen LogP contribution in [0.3, 0.4) is 0 Å². The Bertz CT molecular complexity index is 1000. The van der Waals surface area contributed by atoms with Gasteiger partial charge in [0.15, 0.2) is 0 Å². The van der Waals surface area contributed by atoms with Gasteiger partial charge < -0.3 is 10.1 Å². The Balaban J connectivity index is 1.60. The number of halogens is 1. The Labute approximate surface area is 167 Å². The Morgan fingerprint density at radius 3 is 2.64 bits per heavy atom. The fourth-order valence-corrected chi connectivity index (χ4v) is 3.81. The summed E-state index contributed by atoms with van der Waals surface area (Å²) in [7, 11) is 0. The lowest BCUT2D eigenvalue weighted by Gasteiger charge is -2.27. The molecule has 144 valence electrons. The van der Waals surface area contributed by atoms with E-state index in [9.17, 15) is 14.4 Å². The molecular weight excluding hydrogens is 380 g/mol. The Kier molecular flexibility index (Phi) is 4.59. The van der Waals surface area contributed by atoms with E-state index >= 15 is 0 Å². The second kappa shape index (κ2) is 6.95. The third-order valence-electron chi connectivity index (χ3n) is 5.01. The number of benzene rings is 2. The zero-order valence-electron chi connectivity index (χ0n) is 15.5. The van der Waals surface area contributed by atoms with Crippen LogP contribution in [0.25, 0.3) is 0 Å². The van der Waals surface area contributed by atoms with Crippen LogP contribution in [0.15, 0.2) is 36.4 Å². The molecule has 0 aliphatic carbocycles. The van der Waals surface area contributed by atoms with Crippen molar-refractivity contribution < 1.29 is 19.1 Å². The zero-order valence-corrected chi connectivity index (χ0v) is 16.2. The molecule has 0 fully saturated rings. The molecular formula is C21H19ClN2O4. The van der Waals surface area contributed by atoms with E-state index in [1.807, 2.05) is 0 Å². The van der Waals surface area contributed by atoms with E-state index in [1.165, 1.54) is 11.0 Å². The van der Waals surface area contributed by atoms with Crippen LogP contribution < -0.4 is 10.1 Å². The largest absolute Gasteiger partial charge is 0.493 e. The number of ether oxygens (including phenoxy) is 1. The van der Waals surface area contributed by atoms with Gasteiger partial charge in [0.2, 0.25) is 0 Å². The van der Waals surface area contributed by atoms with Gasteiger partial charge in [-0.25, -0.2) is 0 Å². The summed E-state index contributed by atoms with van der Waals surface area (Å²) in [5, 5.41) is 3.55. The van der Waals surface area contributed by atoms with Gasteiger partial charge in [-0.3, -0.25) is 19.3 Å². The van der Waals surface area contributed by atoms with Crippen molar-refractivity contribution in [2.45, 2.75) is 32.4 Å². The van der Waals surface area contributed by atoms with Crippen LogP contribution in [-0.2, 0) is 0 Å². The molecule has 2 aliphatic rings. The second-order valence-electron chi connectivity index (χ2n) is 7.18. The Morgan fingerprint density at radius 2 is 1.89 bits per heavy atom. The van der Waals surface area contributed by atoms with Crippen LogP contribution in [-0.4, -0.2) is 35.3 Å². The topological polar surface area (TPSA) is 75.7 Å². The third kappa shape index (κ3) is 3.03. The number of fused-ring (bicyclic) bond motifs is 2. The van der Waals surface area contributed by atoms with Crippen molar-refractivity contribution in [1.82, 2.24) is 10.2 Å². The quantitative estimate of drug-likeness (QED) is 0.801. The summed E-state index contributed by atoms with van der Waals surface area (Å²) in [4.78, 5) is 39.0. The minimum Gasteiger partial charge on any atom is -0.493 e. The number of carbonyl (C=O) groups excluding carboxylic acids is 3. The normalized spacial score (nSPS) is 18.0. The third-order valence-corrected chi connectivity index (χ3v) is 5.25. The van der Waals surface area contributed by atoms with Crippen molar-refractivity contribution >= 4 is 29.3 Å². The van der Waals surface area contributed by atoms with Crippen LogP contribution in [0.5, 0.6) is 5.75 Å². The average molecular weight is 399 g/mol. The van der Waals surface area contributed by atoms with E-state index in [4.69, 9.17) is 16.3 Å². The predicted molar refractivity (Wildman–Crippen MR) is 104 cm³/mol. The van der Waals surface area contributed by atoms with Gasteiger partial charge in [0.25, 0.3) is 17.7 Å². The first-order chi connectivity index (χ1) is 13.4. The van der Waals surface area contributed by atoms with Gasteiger partial charge >= 0.3 is 0 Å². The van der Waals surface area contributed by atoms with Gasteiger partial charge in [0, 0.05) is 28.6 Å². The maximum atomic E-state index is 12.8. The summed E-state index contributed by atoms with van der Waals surface area (Å²) in [5.74, 6) is -0.310. The number of amides is 3. The molecule has 4 rings (SSSR count). The minimum atomic E-state index is -0.368. The highest BCUT2D eigenvalue weighted by Gasteiger charge is 2.37. The van der Waals surface area contributed by atoms with E-state index < -0.39 is 0 Å². The van der Waals surface area contributed by atoms with Crippen molar-refractivity contribution in [1.29, 1.82) is 0 Å². The maximum Gasteiger partial charge on any atom is 0.261 e. The minimum absolute atomic E-state index is 0.242. The first-order valence-electron chi connectivity index (χ1n) is 9.12. The summed E-state index contributed by atoms with van der Waals surface area (Å²) in [6, 6.07) is 9.44. The highest BCUT2D eigenvalue weighted by molar-refractivity contribution is 6.30. The number of imide groups is 1. The Morgan fingerprint density at radius 1 is 1.14 bits per heavy atom. The summed E-state index contributed by atoms with van der Waals surface area (Å²) < 4.78 is 5.62. The van der Waals surface area contributed by atoms with Crippen molar-refractivity contribution in [3.63, 3.8) is 0 Å². The number of hydrogen-bond donors (Lipinski definition) is 1. The van der Waals surface area contributed by atoms with Gasteiger partial charge in [0.1, 0.15) is 5.75 Å². The molecule has 0 saturated heterocycles. The van der Waals surface area contributed by atoms with Gasteiger partial charge in [-0.2, -0.15) is 0 Å². The molecule has 0 spiro atoms. The molecule has 0 radical (unpaired) electrons. The Hall–Kier alpha value is -2.86. The van der Waals surface area contributed by atoms with Crippen molar-refractivity contribution in [3.05, 3.63) is 63.7 Å². The van der Waals surface area contributed by atoms with Crippen molar-refractivity contribution in [2.75, 3.05) is 6.61 Å². The molecule has 6 nitrogen and oxygen atoms in total. The molecule has 28 heavy (non-hydrogen) atoms. The zero-order chi connectivity index (χ0) is 20.0. The summed E-state index contributed by atoms with van der Waals surface area (Å²) in [6.07, 6.45) is 0.614. The SMILES string of the molecule is CC(C)N1C(=O)c2ccc(C(=O)NC3CCOc4ccc(Cl)cc43)cc2C1=O. The molecule has 2 aromatic rings. The standard InChI is InChI=1S/C21H19ClN2O4/c1-11(2)24-20(26)14-5-3-12(9-15(14)21(24)27)19(25)23-17-7-8-28-18-6-4-13(22)10-16(17)18/h3-6,9-11,17H,7-8H2,1-2H3,(H,23,25). The molecule has 7 heteroatoms. The van der Waals surface area contributed by atoms with Crippen molar-refractivity contribution in [3.8, 4) is 5.75 Å². The highest BCUT2D eigenvalue weighted by atomic mass is 35.5. The van der Waals surface area contributed by atoms with Crippen LogP contribution in [0.2, 0.25) is 5.02 Å². The lowest BCUT2D eigenvalue weighted by atomic mass is 9.99. The maximum absolute atomic E-state index is 12.8. The first-order valence-corrected chi connectivity index (χ1v) is 9.49. The van der Waals surface area contributed by atoms with Crippen LogP contribution >= 0.6 is 11.6 Å². The van der Waals surface area contributed by atoms with Gasteiger partial charge in [-0.05, 0) is 50.2 Å². The van der Waals surface area contributed by atoms with E-state index in [0.29, 0.717) is 34.9 Å². The molecule has 0 bridgehead atoms.